The summed E-state index contributed by atoms with van der Waals surface area (Å²) in [6.45, 7) is 0.781. The molecule has 23 heavy (non-hydrogen) atoms. The maximum absolute atomic E-state index is 12.9. The Kier molecular flexibility index (Phi) is 2.48. The molecule has 2 aliphatic carbocycles. The maximum Gasteiger partial charge on any atom is 0.252 e. The normalized spacial score (nSPS) is 30.0. The number of benzene rings is 2. The zero-order valence-electron chi connectivity index (χ0n) is 12.8. The molecule has 1 aliphatic heterocycles. The number of hydrogen-bond donors (Lipinski definition) is 2. The molecule has 1 amide bonds. The second-order valence-corrected chi connectivity index (χ2v) is 7.20. The molecule has 118 valence electrons. The van der Waals surface area contributed by atoms with Gasteiger partial charge in [0.1, 0.15) is 5.75 Å². The van der Waals surface area contributed by atoms with Crippen molar-refractivity contribution in [2.24, 2.45) is 5.92 Å². The standard InChI is InChI=1S/C19H19NO3/c21-14-5-6-15-12(9-14)3-1-4-16(15)17(22)20-19-10-13(19)11-23-18(19)7-2-8-18/h1,3-6,9,13,21H,2,7-8,10-11H2,(H,20,22)/t13-,19+/m0/s1. The minimum atomic E-state index is -0.137. The average molecular weight is 309 g/mol. The summed E-state index contributed by atoms with van der Waals surface area (Å²) in [6.07, 6.45) is 4.36. The van der Waals surface area contributed by atoms with Crippen LogP contribution in [0.4, 0.5) is 0 Å². The Labute approximate surface area is 134 Å². The predicted molar refractivity (Wildman–Crippen MR) is 86.5 cm³/mol. The summed E-state index contributed by atoms with van der Waals surface area (Å²) in [4.78, 5) is 12.9. The van der Waals surface area contributed by atoms with Crippen LogP contribution in [0.15, 0.2) is 36.4 Å². The molecule has 1 heterocycles. The number of phenols is 1. The van der Waals surface area contributed by atoms with Crippen molar-refractivity contribution < 1.29 is 14.6 Å². The quantitative estimate of drug-likeness (QED) is 0.896. The fourth-order valence-corrected chi connectivity index (χ4v) is 4.57. The van der Waals surface area contributed by atoms with E-state index in [4.69, 9.17) is 4.74 Å². The molecule has 1 spiro atoms. The second kappa shape index (κ2) is 4.26. The van der Waals surface area contributed by atoms with Crippen LogP contribution in [0.2, 0.25) is 0 Å². The fraction of sp³-hybridized carbons (Fsp3) is 0.421. The summed E-state index contributed by atoms with van der Waals surface area (Å²) < 4.78 is 6.03. The van der Waals surface area contributed by atoms with E-state index < -0.39 is 0 Å². The van der Waals surface area contributed by atoms with Crippen LogP contribution in [0, 0.1) is 5.92 Å². The van der Waals surface area contributed by atoms with Crippen LogP contribution < -0.4 is 5.32 Å². The second-order valence-electron chi connectivity index (χ2n) is 7.20. The number of hydrogen-bond acceptors (Lipinski definition) is 3. The smallest absolute Gasteiger partial charge is 0.252 e. The number of phenolic OH excluding ortho intramolecular Hbond substituents is 1. The van der Waals surface area contributed by atoms with Gasteiger partial charge in [-0.1, -0.05) is 12.1 Å². The predicted octanol–water partition coefficient (Wildman–Crippen LogP) is 2.99. The number of ether oxygens (including phenoxy) is 1. The first-order valence-corrected chi connectivity index (χ1v) is 8.32. The molecule has 3 aliphatic rings. The van der Waals surface area contributed by atoms with Gasteiger partial charge in [0.2, 0.25) is 0 Å². The number of carbonyl (C=O) groups is 1. The lowest BCUT2D eigenvalue weighted by molar-refractivity contribution is -0.0939. The Morgan fingerprint density at radius 3 is 2.87 bits per heavy atom. The molecule has 0 bridgehead atoms. The Morgan fingerprint density at radius 1 is 1.26 bits per heavy atom. The highest BCUT2D eigenvalue weighted by Gasteiger charge is 2.74. The molecule has 3 fully saturated rings. The Bertz CT molecular complexity index is 826. The first kappa shape index (κ1) is 13.4. The third-order valence-corrected chi connectivity index (χ3v) is 6.09. The molecule has 0 unspecified atom stereocenters. The zero-order valence-corrected chi connectivity index (χ0v) is 12.8. The number of rotatable bonds is 2. The van der Waals surface area contributed by atoms with E-state index in [1.54, 1.807) is 12.1 Å². The van der Waals surface area contributed by atoms with E-state index >= 15 is 0 Å². The van der Waals surface area contributed by atoms with Crippen molar-refractivity contribution in [3.8, 4) is 5.75 Å². The van der Waals surface area contributed by atoms with E-state index in [0.717, 1.165) is 36.6 Å². The molecule has 2 aromatic carbocycles. The number of aromatic hydroxyl groups is 1. The van der Waals surface area contributed by atoms with Crippen molar-refractivity contribution in [2.45, 2.75) is 36.8 Å². The maximum atomic E-state index is 12.9. The largest absolute Gasteiger partial charge is 0.508 e. The van der Waals surface area contributed by atoms with Crippen molar-refractivity contribution in [1.82, 2.24) is 5.32 Å². The molecule has 1 saturated heterocycles. The van der Waals surface area contributed by atoms with Gasteiger partial charge >= 0.3 is 0 Å². The van der Waals surface area contributed by atoms with E-state index in [0.29, 0.717) is 11.5 Å². The molecule has 4 nitrogen and oxygen atoms in total. The van der Waals surface area contributed by atoms with Gasteiger partial charge in [-0.05, 0) is 60.7 Å². The third kappa shape index (κ3) is 1.67. The zero-order chi connectivity index (χ0) is 15.7. The first-order chi connectivity index (χ1) is 11.1. The first-order valence-electron chi connectivity index (χ1n) is 8.32. The molecule has 0 radical (unpaired) electrons. The average Bonchev–Trinajstić information content (AvgIpc) is 3.10. The summed E-state index contributed by atoms with van der Waals surface area (Å²) in [5, 5.41) is 14.7. The van der Waals surface area contributed by atoms with Gasteiger partial charge in [0.25, 0.3) is 5.91 Å². The third-order valence-electron chi connectivity index (χ3n) is 6.09. The van der Waals surface area contributed by atoms with Crippen LogP contribution in [-0.2, 0) is 4.74 Å². The number of nitrogens with one attached hydrogen (secondary N) is 1. The van der Waals surface area contributed by atoms with E-state index in [-0.39, 0.29) is 22.8 Å². The van der Waals surface area contributed by atoms with Gasteiger partial charge < -0.3 is 15.2 Å². The van der Waals surface area contributed by atoms with Gasteiger partial charge in [0.15, 0.2) is 0 Å². The molecule has 2 N–H and O–H groups in total. The van der Waals surface area contributed by atoms with Crippen molar-refractivity contribution in [3.63, 3.8) is 0 Å². The Balaban J connectivity index is 1.50. The molecular formula is C19H19NO3. The molecule has 0 aromatic heterocycles. The van der Waals surface area contributed by atoms with E-state index in [2.05, 4.69) is 5.32 Å². The van der Waals surface area contributed by atoms with E-state index in [9.17, 15) is 9.90 Å². The van der Waals surface area contributed by atoms with Crippen LogP contribution >= 0.6 is 0 Å². The molecule has 2 saturated carbocycles. The van der Waals surface area contributed by atoms with Crippen molar-refractivity contribution >= 4 is 16.7 Å². The van der Waals surface area contributed by atoms with Gasteiger partial charge in [-0.15, -0.1) is 0 Å². The highest BCUT2D eigenvalue weighted by molar-refractivity contribution is 6.07. The van der Waals surface area contributed by atoms with Gasteiger partial charge in [0, 0.05) is 11.5 Å². The molecule has 5 rings (SSSR count). The number of fused-ring (bicyclic) bond motifs is 3. The van der Waals surface area contributed by atoms with Gasteiger partial charge in [0.05, 0.1) is 17.7 Å². The molecule has 2 aromatic rings. The topological polar surface area (TPSA) is 58.6 Å². The molecular weight excluding hydrogens is 290 g/mol. The summed E-state index contributed by atoms with van der Waals surface area (Å²) in [6, 6.07) is 10.8. The lowest BCUT2D eigenvalue weighted by atomic mass is 9.72. The lowest BCUT2D eigenvalue weighted by Gasteiger charge is -2.45. The van der Waals surface area contributed by atoms with Crippen molar-refractivity contribution in [1.29, 1.82) is 0 Å². The van der Waals surface area contributed by atoms with Crippen molar-refractivity contribution in [2.75, 3.05) is 6.61 Å². The summed E-state index contributed by atoms with van der Waals surface area (Å²) >= 11 is 0. The monoisotopic (exact) mass is 309 g/mol. The van der Waals surface area contributed by atoms with Crippen LogP contribution in [-0.4, -0.2) is 28.8 Å². The molecule has 2 atom stereocenters. The van der Waals surface area contributed by atoms with Crippen LogP contribution in [0.3, 0.4) is 0 Å². The SMILES string of the molecule is O=C(N[C@]12C[C@H]1COC21CCC1)c1cccc2cc(O)ccc12. The van der Waals surface area contributed by atoms with Gasteiger partial charge in [-0.2, -0.15) is 0 Å². The summed E-state index contributed by atoms with van der Waals surface area (Å²) in [5.74, 6) is 0.667. The lowest BCUT2D eigenvalue weighted by Crippen LogP contribution is -2.58. The van der Waals surface area contributed by atoms with E-state index in [1.165, 1.54) is 6.42 Å². The highest BCUT2D eigenvalue weighted by Crippen LogP contribution is 2.64. The van der Waals surface area contributed by atoms with Crippen LogP contribution in [0.5, 0.6) is 5.75 Å². The van der Waals surface area contributed by atoms with Crippen LogP contribution in [0.25, 0.3) is 10.8 Å². The molecule has 4 heteroatoms. The van der Waals surface area contributed by atoms with E-state index in [1.807, 2.05) is 24.3 Å². The number of carbonyl (C=O) groups excluding carboxylic acids is 1. The summed E-state index contributed by atoms with van der Waals surface area (Å²) in [7, 11) is 0. The Hall–Kier alpha value is -2.07. The van der Waals surface area contributed by atoms with Gasteiger partial charge in [-0.25, -0.2) is 0 Å². The summed E-state index contributed by atoms with van der Waals surface area (Å²) in [5.41, 5.74) is 0.432. The van der Waals surface area contributed by atoms with Gasteiger partial charge in [-0.3, -0.25) is 4.79 Å². The highest BCUT2D eigenvalue weighted by atomic mass is 16.5. The minimum Gasteiger partial charge on any atom is -0.508 e. The van der Waals surface area contributed by atoms with Crippen LogP contribution in [0.1, 0.15) is 36.0 Å². The number of amides is 1. The fourth-order valence-electron chi connectivity index (χ4n) is 4.57. The Morgan fingerprint density at radius 2 is 2.13 bits per heavy atom. The minimum absolute atomic E-state index is 0.0273. The van der Waals surface area contributed by atoms with Crippen molar-refractivity contribution in [3.05, 3.63) is 42.0 Å².